The second-order valence-corrected chi connectivity index (χ2v) is 5.52. The van der Waals surface area contributed by atoms with Crippen molar-refractivity contribution in [2.24, 2.45) is 10.2 Å². The van der Waals surface area contributed by atoms with Gasteiger partial charge >= 0.3 is 0 Å². The summed E-state index contributed by atoms with van der Waals surface area (Å²) in [6.45, 7) is 4.60. The monoisotopic (exact) mass is 291 g/mol. The number of likely N-dealkylation sites (tertiary alicyclic amines) is 1. The lowest BCUT2D eigenvalue weighted by molar-refractivity contribution is 0.171. The minimum Gasteiger partial charge on any atom is -0.475 e. The van der Waals surface area contributed by atoms with E-state index >= 15 is 0 Å². The van der Waals surface area contributed by atoms with E-state index in [9.17, 15) is 0 Å². The van der Waals surface area contributed by atoms with Gasteiger partial charge in [-0.3, -0.25) is 4.90 Å². The second-order valence-electron chi connectivity index (χ2n) is 5.09. The van der Waals surface area contributed by atoms with E-state index in [2.05, 4.69) is 15.1 Å². The summed E-state index contributed by atoms with van der Waals surface area (Å²) >= 11 is 5.91. The standard InChI is InChI=1S/C15H18ClN3O/c16-13-5-3-12(4-6-13)14-11-17-18-15(14)20-10-9-19-7-1-2-8-19/h3-6H,1-2,7-11H2. The van der Waals surface area contributed by atoms with Gasteiger partial charge in [-0.05, 0) is 43.6 Å². The molecule has 0 saturated carbocycles. The SMILES string of the molecule is Clc1ccc(C2=C(OCCN3CCCC3)N=NC2)cc1. The fourth-order valence-corrected chi connectivity index (χ4v) is 2.68. The van der Waals surface area contributed by atoms with Crippen LogP contribution in [0.2, 0.25) is 5.02 Å². The Kier molecular flexibility index (Phi) is 4.33. The topological polar surface area (TPSA) is 37.2 Å². The molecule has 5 heteroatoms. The molecule has 2 aliphatic rings. The van der Waals surface area contributed by atoms with Gasteiger partial charge in [-0.15, -0.1) is 5.11 Å². The predicted molar refractivity (Wildman–Crippen MR) is 79.7 cm³/mol. The molecular formula is C15H18ClN3O. The average molecular weight is 292 g/mol. The molecule has 106 valence electrons. The van der Waals surface area contributed by atoms with Crippen molar-refractivity contribution in [2.45, 2.75) is 12.8 Å². The van der Waals surface area contributed by atoms with Gasteiger partial charge in [-0.2, -0.15) is 5.11 Å². The molecule has 2 aliphatic heterocycles. The summed E-state index contributed by atoms with van der Waals surface area (Å²) < 4.78 is 5.81. The highest BCUT2D eigenvalue weighted by molar-refractivity contribution is 6.30. The van der Waals surface area contributed by atoms with Crippen molar-refractivity contribution < 1.29 is 4.74 Å². The molecule has 3 rings (SSSR count). The van der Waals surface area contributed by atoms with Crippen molar-refractivity contribution in [1.82, 2.24) is 4.90 Å². The molecule has 0 aliphatic carbocycles. The number of hydrogen-bond donors (Lipinski definition) is 0. The van der Waals surface area contributed by atoms with Crippen LogP contribution in [0.1, 0.15) is 18.4 Å². The third kappa shape index (κ3) is 3.19. The lowest BCUT2D eigenvalue weighted by Crippen LogP contribution is -2.23. The number of rotatable bonds is 5. The second kappa shape index (κ2) is 6.37. The van der Waals surface area contributed by atoms with Gasteiger partial charge in [0.05, 0.1) is 6.54 Å². The molecule has 0 bridgehead atoms. The van der Waals surface area contributed by atoms with E-state index in [1.807, 2.05) is 24.3 Å². The molecule has 1 saturated heterocycles. The van der Waals surface area contributed by atoms with Crippen molar-refractivity contribution in [3.05, 3.63) is 40.7 Å². The van der Waals surface area contributed by atoms with E-state index in [4.69, 9.17) is 16.3 Å². The molecule has 1 fully saturated rings. The molecule has 0 radical (unpaired) electrons. The Hall–Kier alpha value is -1.39. The lowest BCUT2D eigenvalue weighted by atomic mass is 10.1. The maximum Gasteiger partial charge on any atom is 0.238 e. The Morgan fingerprint density at radius 3 is 2.65 bits per heavy atom. The van der Waals surface area contributed by atoms with Crippen LogP contribution in [0.5, 0.6) is 0 Å². The van der Waals surface area contributed by atoms with Gasteiger partial charge in [-0.1, -0.05) is 23.7 Å². The zero-order valence-electron chi connectivity index (χ0n) is 11.4. The lowest BCUT2D eigenvalue weighted by Gasteiger charge is -2.14. The van der Waals surface area contributed by atoms with Crippen molar-refractivity contribution in [2.75, 3.05) is 32.8 Å². The Bertz CT molecular complexity index is 518. The molecule has 1 aromatic carbocycles. The minimum absolute atomic E-state index is 0.584. The Labute approximate surface area is 124 Å². The summed E-state index contributed by atoms with van der Waals surface area (Å²) in [5, 5.41) is 8.92. The summed E-state index contributed by atoms with van der Waals surface area (Å²) in [7, 11) is 0. The van der Waals surface area contributed by atoms with Crippen LogP contribution in [-0.2, 0) is 4.74 Å². The molecule has 2 heterocycles. The van der Waals surface area contributed by atoms with Crippen molar-refractivity contribution in [3.8, 4) is 0 Å². The molecule has 0 aromatic heterocycles. The maximum atomic E-state index is 5.91. The quantitative estimate of drug-likeness (QED) is 0.831. The zero-order valence-corrected chi connectivity index (χ0v) is 12.1. The van der Waals surface area contributed by atoms with E-state index in [1.165, 1.54) is 25.9 Å². The first-order chi connectivity index (χ1) is 9.83. The number of ether oxygens (including phenoxy) is 1. The Morgan fingerprint density at radius 1 is 1.15 bits per heavy atom. The summed E-state index contributed by atoms with van der Waals surface area (Å²) in [4.78, 5) is 2.43. The van der Waals surface area contributed by atoms with Crippen LogP contribution in [0.15, 0.2) is 40.4 Å². The summed E-state index contributed by atoms with van der Waals surface area (Å²) in [5.74, 6) is 0.659. The minimum atomic E-state index is 0.584. The van der Waals surface area contributed by atoms with E-state index in [0.717, 1.165) is 22.7 Å². The molecule has 4 nitrogen and oxygen atoms in total. The molecule has 1 aromatic rings. The van der Waals surface area contributed by atoms with Gasteiger partial charge in [0.2, 0.25) is 5.88 Å². The Balaban J connectivity index is 1.61. The van der Waals surface area contributed by atoms with Gasteiger partial charge < -0.3 is 4.74 Å². The average Bonchev–Trinajstić information content (AvgIpc) is 3.11. The normalized spacial score (nSPS) is 19.1. The fourth-order valence-electron chi connectivity index (χ4n) is 2.56. The van der Waals surface area contributed by atoms with Crippen LogP contribution in [0.4, 0.5) is 0 Å². The van der Waals surface area contributed by atoms with Crippen LogP contribution < -0.4 is 0 Å². The van der Waals surface area contributed by atoms with Gasteiger partial charge in [0.15, 0.2) is 0 Å². The molecule has 20 heavy (non-hydrogen) atoms. The summed E-state index contributed by atoms with van der Waals surface area (Å²) in [6.07, 6.45) is 2.61. The number of azo groups is 1. The highest BCUT2D eigenvalue weighted by Crippen LogP contribution is 2.27. The summed E-state index contributed by atoms with van der Waals surface area (Å²) in [6, 6.07) is 7.73. The predicted octanol–water partition coefficient (Wildman–Crippen LogP) is 3.59. The highest BCUT2D eigenvalue weighted by atomic mass is 35.5. The van der Waals surface area contributed by atoms with E-state index in [1.54, 1.807) is 0 Å². The van der Waals surface area contributed by atoms with Crippen LogP contribution in [0.25, 0.3) is 5.57 Å². The first kappa shape index (κ1) is 13.6. The number of hydrogen-bond acceptors (Lipinski definition) is 4. The zero-order chi connectivity index (χ0) is 13.8. The van der Waals surface area contributed by atoms with Gasteiger partial charge in [0, 0.05) is 17.1 Å². The molecule has 0 unspecified atom stereocenters. The largest absolute Gasteiger partial charge is 0.475 e. The van der Waals surface area contributed by atoms with Gasteiger partial charge in [0.1, 0.15) is 6.61 Å². The van der Waals surface area contributed by atoms with Crippen LogP contribution in [-0.4, -0.2) is 37.7 Å². The molecule has 0 amide bonds. The van der Waals surface area contributed by atoms with E-state index in [-0.39, 0.29) is 0 Å². The molecule has 0 spiro atoms. The van der Waals surface area contributed by atoms with Crippen LogP contribution in [0, 0.1) is 0 Å². The maximum absolute atomic E-state index is 5.91. The highest BCUT2D eigenvalue weighted by Gasteiger charge is 2.17. The van der Waals surface area contributed by atoms with Gasteiger partial charge in [-0.25, -0.2) is 0 Å². The van der Waals surface area contributed by atoms with Crippen LogP contribution in [0.3, 0.4) is 0 Å². The third-order valence-corrected chi connectivity index (χ3v) is 3.94. The third-order valence-electron chi connectivity index (χ3n) is 3.69. The first-order valence-electron chi connectivity index (χ1n) is 7.05. The van der Waals surface area contributed by atoms with E-state index in [0.29, 0.717) is 19.0 Å². The number of halogens is 1. The number of nitrogens with zero attached hydrogens (tertiary/aromatic N) is 3. The molecular weight excluding hydrogens is 274 g/mol. The fraction of sp³-hybridized carbons (Fsp3) is 0.467. The van der Waals surface area contributed by atoms with Crippen molar-refractivity contribution in [1.29, 1.82) is 0 Å². The van der Waals surface area contributed by atoms with Crippen molar-refractivity contribution >= 4 is 17.2 Å². The Morgan fingerprint density at radius 2 is 1.90 bits per heavy atom. The van der Waals surface area contributed by atoms with Gasteiger partial charge in [0.25, 0.3) is 0 Å². The van der Waals surface area contributed by atoms with Crippen molar-refractivity contribution in [3.63, 3.8) is 0 Å². The molecule has 0 atom stereocenters. The molecule has 0 N–H and O–H groups in total. The number of benzene rings is 1. The first-order valence-corrected chi connectivity index (χ1v) is 7.42. The smallest absolute Gasteiger partial charge is 0.238 e. The van der Waals surface area contributed by atoms with Crippen LogP contribution >= 0.6 is 11.6 Å². The summed E-state index contributed by atoms with van der Waals surface area (Å²) in [5.41, 5.74) is 2.12. The van der Waals surface area contributed by atoms with E-state index < -0.39 is 0 Å².